The number of aliphatic carboxylic acids is 1. The zero-order valence-electron chi connectivity index (χ0n) is 20.3. The first-order valence-corrected chi connectivity index (χ1v) is 12.4. The average Bonchev–Trinajstić information content (AvgIpc) is 3.43. The molecule has 1 saturated carbocycles. The summed E-state index contributed by atoms with van der Waals surface area (Å²) >= 11 is 0. The van der Waals surface area contributed by atoms with E-state index in [0.29, 0.717) is 38.8 Å². The number of carbonyl (C=O) groups excluding carboxylic acids is 2. The monoisotopic (exact) mass is 476 g/mol. The predicted octanol–water partition coefficient (Wildman–Crippen LogP) is 4.41. The van der Waals surface area contributed by atoms with Gasteiger partial charge in [-0.25, -0.2) is 9.59 Å². The average molecular weight is 477 g/mol. The van der Waals surface area contributed by atoms with Gasteiger partial charge in [-0.2, -0.15) is 0 Å². The fourth-order valence-electron chi connectivity index (χ4n) is 6.39. The van der Waals surface area contributed by atoms with Crippen LogP contribution < -0.4 is 5.32 Å². The molecule has 35 heavy (non-hydrogen) atoms. The molecule has 2 aliphatic heterocycles. The Hall–Kier alpha value is -3.35. The molecule has 2 heterocycles. The number of nitrogens with zero attached hydrogens (tertiary/aromatic N) is 1. The summed E-state index contributed by atoms with van der Waals surface area (Å²) in [4.78, 5) is 38.7. The lowest BCUT2D eigenvalue weighted by molar-refractivity contribution is -0.161. The van der Waals surface area contributed by atoms with E-state index in [-0.39, 0.29) is 29.8 Å². The number of rotatable bonds is 8. The molecule has 0 spiro atoms. The number of carbonyl (C=O) groups is 3. The Balaban J connectivity index is 1.08. The topological polar surface area (TPSA) is 95.9 Å². The molecule has 2 amide bonds. The summed E-state index contributed by atoms with van der Waals surface area (Å²) in [6, 6.07) is 16.4. The van der Waals surface area contributed by atoms with Gasteiger partial charge in [0.2, 0.25) is 5.91 Å². The first-order chi connectivity index (χ1) is 16.7. The Morgan fingerprint density at radius 3 is 2.29 bits per heavy atom. The molecule has 184 valence electrons. The molecular formula is C28H32N2O5. The van der Waals surface area contributed by atoms with Gasteiger partial charge in [0.05, 0.1) is 0 Å². The van der Waals surface area contributed by atoms with Crippen molar-refractivity contribution in [2.45, 2.75) is 51.0 Å². The lowest BCUT2D eigenvalue weighted by Gasteiger charge is -2.43. The number of benzene rings is 2. The van der Waals surface area contributed by atoms with Crippen LogP contribution in [0.15, 0.2) is 48.5 Å². The molecule has 2 bridgehead atoms. The minimum Gasteiger partial charge on any atom is -0.479 e. The molecule has 0 radical (unpaired) electrons. The van der Waals surface area contributed by atoms with Gasteiger partial charge in [-0.3, -0.25) is 4.79 Å². The number of carboxylic acid groups (broad SMARTS) is 1. The summed E-state index contributed by atoms with van der Waals surface area (Å²) < 4.78 is 5.56. The molecule has 1 atom stereocenters. The van der Waals surface area contributed by atoms with E-state index in [1.807, 2.05) is 38.1 Å². The lowest BCUT2D eigenvalue weighted by atomic mass is 9.63. The van der Waals surface area contributed by atoms with Gasteiger partial charge in [-0.05, 0) is 53.4 Å². The van der Waals surface area contributed by atoms with E-state index in [2.05, 4.69) is 29.6 Å². The maximum Gasteiger partial charge on any atom is 0.407 e. The maximum absolute atomic E-state index is 13.0. The lowest BCUT2D eigenvalue weighted by Crippen LogP contribution is -2.57. The van der Waals surface area contributed by atoms with E-state index < -0.39 is 17.6 Å². The van der Waals surface area contributed by atoms with Crippen LogP contribution in [0.25, 0.3) is 11.1 Å². The van der Waals surface area contributed by atoms with Crippen LogP contribution in [0, 0.1) is 11.3 Å². The molecule has 7 heteroatoms. The van der Waals surface area contributed by atoms with Crippen molar-refractivity contribution in [2.24, 2.45) is 11.3 Å². The third kappa shape index (κ3) is 3.97. The number of nitrogens with one attached hydrogen (secondary N) is 1. The molecule has 6 rings (SSSR count). The van der Waals surface area contributed by atoms with Crippen LogP contribution in [0.3, 0.4) is 0 Å². The van der Waals surface area contributed by atoms with Crippen LogP contribution in [0.2, 0.25) is 0 Å². The second-order valence-corrected chi connectivity index (χ2v) is 10.7. The van der Waals surface area contributed by atoms with Crippen LogP contribution in [0.4, 0.5) is 4.79 Å². The Morgan fingerprint density at radius 2 is 1.69 bits per heavy atom. The second-order valence-electron chi connectivity index (χ2n) is 10.7. The Labute approximate surface area is 205 Å². The van der Waals surface area contributed by atoms with Gasteiger partial charge >= 0.3 is 12.1 Å². The normalized spacial score (nSPS) is 24.8. The van der Waals surface area contributed by atoms with Gasteiger partial charge in [-0.1, -0.05) is 62.4 Å². The van der Waals surface area contributed by atoms with Gasteiger partial charge in [0.15, 0.2) is 0 Å². The van der Waals surface area contributed by atoms with Crippen molar-refractivity contribution in [1.82, 2.24) is 10.2 Å². The molecule has 2 aromatic rings. The maximum atomic E-state index is 13.0. The number of alkyl carbamates (subject to hydrolysis) is 1. The highest BCUT2D eigenvalue weighted by molar-refractivity contribution is 5.90. The van der Waals surface area contributed by atoms with Gasteiger partial charge in [-0.15, -0.1) is 0 Å². The predicted molar refractivity (Wildman–Crippen MR) is 131 cm³/mol. The SMILES string of the molecule is CC(CCCNC(=O)OCC1c2ccccc2-c2ccccc21)C(=O)N1CC2(C)CC1(C(=O)O)C2. The molecular weight excluding hydrogens is 444 g/mol. The molecule has 2 saturated heterocycles. The van der Waals surface area contributed by atoms with Gasteiger partial charge < -0.3 is 20.1 Å². The highest BCUT2D eigenvalue weighted by atomic mass is 16.5. The number of ether oxygens (including phenoxy) is 1. The summed E-state index contributed by atoms with van der Waals surface area (Å²) in [6.45, 7) is 5.06. The molecule has 7 nitrogen and oxygen atoms in total. The standard InChI is InChI=1S/C28H32N2O5/c1-18(24(31)30-17-27(2)15-28(30,16-27)25(32)33)8-7-13-29-26(34)35-14-23-21-11-5-3-9-19(21)20-10-4-6-12-22(20)23/h3-6,9-12,18,23H,7-8,13-17H2,1-2H3,(H,29,34)(H,32,33). The number of fused-ring (bicyclic) bond motifs is 4. The Morgan fingerprint density at radius 1 is 1.09 bits per heavy atom. The fourth-order valence-corrected chi connectivity index (χ4v) is 6.39. The molecule has 2 aliphatic carbocycles. The van der Waals surface area contributed by atoms with E-state index in [9.17, 15) is 19.5 Å². The van der Waals surface area contributed by atoms with Crippen molar-refractivity contribution in [3.63, 3.8) is 0 Å². The zero-order valence-corrected chi connectivity index (χ0v) is 20.3. The smallest absolute Gasteiger partial charge is 0.407 e. The van der Waals surface area contributed by atoms with E-state index in [0.717, 1.165) is 0 Å². The van der Waals surface area contributed by atoms with Crippen molar-refractivity contribution < 1.29 is 24.2 Å². The fraction of sp³-hybridized carbons (Fsp3) is 0.464. The van der Waals surface area contributed by atoms with E-state index in [1.165, 1.54) is 22.3 Å². The summed E-state index contributed by atoms with van der Waals surface area (Å²) in [5, 5.41) is 12.5. The third-order valence-electron chi connectivity index (χ3n) is 8.01. The molecule has 0 aromatic heterocycles. The minimum atomic E-state index is -1.01. The van der Waals surface area contributed by atoms with E-state index in [4.69, 9.17) is 4.74 Å². The van der Waals surface area contributed by atoms with Crippen LogP contribution in [-0.4, -0.2) is 53.2 Å². The molecule has 3 fully saturated rings. The Kier molecular flexibility index (Phi) is 5.82. The van der Waals surface area contributed by atoms with Crippen molar-refractivity contribution in [2.75, 3.05) is 19.7 Å². The number of hydrogen-bond donors (Lipinski definition) is 2. The summed E-state index contributed by atoms with van der Waals surface area (Å²) in [6.07, 6.45) is 1.80. The van der Waals surface area contributed by atoms with Crippen molar-refractivity contribution >= 4 is 18.0 Å². The van der Waals surface area contributed by atoms with Crippen LogP contribution in [-0.2, 0) is 14.3 Å². The van der Waals surface area contributed by atoms with Gasteiger partial charge in [0, 0.05) is 24.9 Å². The summed E-state index contributed by atoms with van der Waals surface area (Å²) in [5.41, 5.74) is 3.62. The molecule has 2 aromatic carbocycles. The third-order valence-corrected chi connectivity index (χ3v) is 8.01. The number of carboxylic acids is 1. The second kappa shape index (κ2) is 8.70. The molecule has 2 N–H and O–H groups in total. The number of amides is 2. The van der Waals surface area contributed by atoms with Crippen LogP contribution in [0.5, 0.6) is 0 Å². The minimum absolute atomic E-state index is 0.0147. The van der Waals surface area contributed by atoms with Gasteiger partial charge in [0.25, 0.3) is 0 Å². The highest BCUT2D eigenvalue weighted by Crippen LogP contribution is 2.59. The first-order valence-electron chi connectivity index (χ1n) is 12.4. The quantitative estimate of drug-likeness (QED) is 0.551. The molecule has 1 unspecified atom stereocenters. The van der Waals surface area contributed by atoms with Crippen molar-refractivity contribution in [3.8, 4) is 11.1 Å². The highest BCUT2D eigenvalue weighted by Gasteiger charge is 2.68. The van der Waals surface area contributed by atoms with E-state index >= 15 is 0 Å². The van der Waals surface area contributed by atoms with Gasteiger partial charge in [0.1, 0.15) is 12.1 Å². The molecule has 4 aliphatic rings. The van der Waals surface area contributed by atoms with Crippen LogP contribution >= 0.6 is 0 Å². The zero-order chi connectivity index (χ0) is 24.8. The number of hydrogen-bond acceptors (Lipinski definition) is 4. The summed E-state index contributed by atoms with van der Waals surface area (Å²) in [7, 11) is 0. The summed E-state index contributed by atoms with van der Waals surface area (Å²) in [5.74, 6) is -1.28. The van der Waals surface area contributed by atoms with E-state index in [1.54, 1.807) is 4.90 Å². The van der Waals surface area contributed by atoms with Crippen molar-refractivity contribution in [3.05, 3.63) is 59.7 Å². The largest absolute Gasteiger partial charge is 0.479 e. The van der Waals surface area contributed by atoms with Crippen molar-refractivity contribution in [1.29, 1.82) is 0 Å². The Bertz CT molecular complexity index is 1120. The first kappa shape index (κ1) is 23.4. The van der Waals surface area contributed by atoms with Crippen LogP contribution in [0.1, 0.15) is 56.6 Å².